The van der Waals surface area contributed by atoms with Gasteiger partial charge >= 0.3 is 6.18 Å². The third kappa shape index (κ3) is 2.50. The van der Waals surface area contributed by atoms with Gasteiger partial charge in [0.1, 0.15) is 23.5 Å². The summed E-state index contributed by atoms with van der Waals surface area (Å²) >= 11 is 0. The lowest BCUT2D eigenvalue weighted by atomic mass is 9.77. The molecule has 0 fully saturated rings. The highest BCUT2D eigenvalue weighted by molar-refractivity contribution is 6.11. The molecule has 1 aromatic heterocycles. The number of carbonyl (C=O) groups excluding carboxylic acids is 1. The maximum atomic E-state index is 13.6. The molecule has 0 aliphatic carbocycles. The van der Waals surface area contributed by atoms with Gasteiger partial charge in [-0.1, -0.05) is 30.3 Å². The predicted molar refractivity (Wildman–Crippen MR) is 98.8 cm³/mol. The Balaban J connectivity index is 1.59. The van der Waals surface area contributed by atoms with Crippen LogP contribution in [-0.2, 0) is 22.9 Å². The first-order valence-corrected chi connectivity index (χ1v) is 9.12. The van der Waals surface area contributed by atoms with Crippen molar-refractivity contribution in [2.75, 3.05) is 11.5 Å². The Morgan fingerprint density at radius 1 is 1.07 bits per heavy atom. The zero-order valence-corrected chi connectivity index (χ0v) is 15.4. The van der Waals surface area contributed by atoms with Crippen molar-refractivity contribution in [2.45, 2.75) is 25.1 Å². The quantitative estimate of drug-likeness (QED) is 0.620. The van der Waals surface area contributed by atoms with Gasteiger partial charge in [-0.05, 0) is 42.3 Å². The van der Waals surface area contributed by atoms with Crippen molar-refractivity contribution < 1.29 is 27.1 Å². The predicted octanol–water partition coefficient (Wildman–Crippen LogP) is 4.83. The smallest absolute Gasteiger partial charge is 0.449 e. The second kappa shape index (κ2) is 5.89. The third-order valence-electron chi connectivity index (χ3n) is 5.56. The number of amides is 1. The summed E-state index contributed by atoms with van der Waals surface area (Å²) in [7, 11) is 0. The number of halogens is 3. The van der Waals surface area contributed by atoms with E-state index in [1.807, 2.05) is 37.3 Å². The highest BCUT2D eigenvalue weighted by Gasteiger charge is 2.56. The number of ether oxygens (including phenoxy) is 1. The van der Waals surface area contributed by atoms with Gasteiger partial charge in [0.2, 0.25) is 11.7 Å². The standard InChI is InChI=1S/C22H16F3NO3/c1-13-6-8-16-18(10-13)28-12-21(16)15-4-2-3-5-17(15)26(20(21)27)11-14-7-9-19(29-14)22(23,24)25/h2-10H,11-12H2,1H3. The molecular weight excluding hydrogens is 383 g/mol. The maximum absolute atomic E-state index is 13.6. The minimum Gasteiger partial charge on any atom is -0.491 e. The van der Waals surface area contributed by atoms with Crippen molar-refractivity contribution in [3.63, 3.8) is 0 Å². The molecule has 3 aromatic rings. The summed E-state index contributed by atoms with van der Waals surface area (Å²) in [5.41, 5.74) is 2.24. The SMILES string of the molecule is Cc1ccc2c(c1)OCC21C(=O)N(Cc2ccc(C(F)(F)F)o2)c2ccccc21. The molecule has 2 aliphatic heterocycles. The number of benzene rings is 2. The van der Waals surface area contributed by atoms with E-state index in [0.717, 1.165) is 22.8 Å². The van der Waals surface area contributed by atoms with Gasteiger partial charge < -0.3 is 14.1 Å². The summed E-state index contributed by atoms with van der Waals surface area (Å²) in [4.78, 5) is 15.1. The number of furan rings is 1. The number of hydrogen-bond donors (Lipinski definition) is 0. The van der Waals surface area contributed by atoms with Gasteiger partial charge in [-0.15, -0.1) is 0 Å². The summed E-state index contributed by atoms with van der Waals surface area (Å²) < 4.78 is 49.5. The summed E-state index contributed by atoms with van der Waals surface area (Å²) in [5.74, 6) is -0.577. The van der Waals surface area contributed by atoms with Gasteiger partial charge in [0.25, 0.3) is 0 Å². The number of alkyl halides is 3. The van der Waals surface area contributed by atoms with Crippen LogP contribution < -0.4 is 9.64 Å². The van der Waals surface area contributed by atoms with Crippen LogP contribution in [0.3, 0.4) is 0 Å². The maximum Gasteiger partial charge on any atom is 0.449 e. The number of fused-ring (bicyclic) bond motifs is 4. The van der Waals surface area contributed by atoms with Crippen molar-refractivity contribution in [2.24, 2.45) is 0 Å². The fourth-order valence-electron chi connectivity index (χ4n) is 4.22. The average Bonchev–Trinajstić information content (AvgIpc) is 3.35. The van der Waals surface area contributed by atoms with Gasteiger partial charge in [-0.2, -0.15) is 13.2 Å². The number of nitrogens with zero attached hydrogens (tertiary/aromatic N) is 1. The zero-order valence-electron chi connectivity index (χ0n) is 15.4. The Morgan fingerprint density at radius 2 is 1.86 bits per heavy atom. The van der Waals surface area contributed by atoms with Crippen LogP contribution in [0.5, 0.6) is 5.75 Å². The van der Waals surface area contributed by atoms with Crippen LogP contribution in [0, 0.1) is 6.92 Å². The zero-order chi connectivity index (χ0) is 20.4. The topological polar surface area (TPSA) is 42.7 Å². The fourth-order valence-corrected chi connectivity index (χ4v) is 4.22. The van der Waals surface area contributed by atoms with Gasteiger partial charge in [0.15, 0.2) is 0 Å². The molecule has 148 valence electrons. The first kappa shape index (κ1) is 17.8. The Labute approximate surface area is 164 Å². The molecule has 0 saturated heterocycles. The lowest BCUT2D eigenvalue weighted by Crippen LogP contribution is -2.42. The third-order valence-corrected chi connectivity index (χ3v) is 5.56. The van der Waals surface area contributed by atoms with Crippen molar-refractivity contribution in [3.8, 4) is 5.75 Å². The second-order valence-electron chi connectivity index (χ2n) is 7.37. The lowest BCUT2D eigenvalue weighted by molar-refractivity contribution is -0.153. The molecular formula is C22H16F3NO3. The Morgan fingerprint density at radius 3 is 2.62 bits per heavy atom. The van der Waals surface area contributed by atoms with Gasteiger partial charge in [0.05, 0.1) is 6.54 Å². The van der Waals surface area contributed by atoms with Crippen LogP contribution >= 0.6 is 0 Å². The molecule has 1 atom stereocenters. The number of para-hydroxylation sites is 1. The molecule has 2 aliphatic rings. The number of rotatable bonds is 2. The Bertz CT molecular complexity index is 1130. The summed E-state index contributed by atoms with van der Waals surface area (Å²) in [6, 6.07) is 15.2. The van der Waals surface area contributed by atoms with E-state index in [1.54, 1.807) is 12.1 Å². The molecule has 0 radical (unpaired) electrons. The molecule has 0 saturated carbocycles. The molecule has 0 bridgehead atoms. The number of carbonyl (C=O) groups is 1. The number of anilines is 1. The Kier molecular flexibility index (Phi) is 3.62. The fraction of sp³-hybridized carbons (Fsp3) is 0.227. The van der Waals surface area contributed by atoms with Gasteiger partial charge in [-0.25, -0.2) is 0 Å². The van der Waals surface area contributed by atoms with E-state index in [0.29, 0.717) is 11.4 Å². The first-order valence-electron chi connectivity index (χ1n) is 9.12. The average molecular weight is 399 g/mol. The molecule has 1 spiro atoms. The monoisotopic (exact) mass is 399 g/mol. The van der Waals surface area contributed by atoms with Crippen LogP contribution in [0.1, 0.15) is 28.2 Å². The van der Waals surface area contributed by atoms with E-state index in [2.05, 4.69) is 0 Å². The molecule has 0 N–H and O–H groups in total. The summed E-state index contributed by atoms with van der Waals surface area (Å²) in [5, 5.41) is 0. The van der Waals surface area contributed by atoms with E-state index in [-0.39, 0.29) is 24.8 Å². The molecule has 3 heterocycles. The van der Waals surface area contributed by atoms with Crippen LogP contribution in [0.2, 0.25) is 0 Å². The Hall–Kier alpha value is -3.22. The van der Waals surface area contributed by atoms with Crippen molar-refractivity contribution in [1.29, 1.82) is 0 Å². The lowest BCUT2D eigenvalue weighted by Gasteiger charge is -2.22. The van der Waals surface area contributed by atoms with Crippen molar-refractivity contribution in [3.05, 3.63) is 82.8 Å². The molecule has 2 aromatic carbocycles. The highest BCUT2D eigenvalue weighted by Crippen LogP contribution is 2.52. The van der Waals surface area contributed by atoms with E-state index >= 15 is 0 Å². The molecule has 29 heavy (non-hydrogen) atoms. The summed E-state index contributed by atoms with van der Waals surface area (Å²) in [6.07, 6.45) is -4.57. The van der Waals surface area contributed by atoms with Crippen molar-refractivity contribution in [1.82, 2.24) is 0 Å². The van der Waals surface area contributed by atoms with Crippen LogP contribution in [0.25, 0.3) is 0 Å². The molecule has 5 rings (SSSR count). The van der Waals surface area contributed by atoms with Crippen LogP contribution in [0.15, 0.2) is 59.0 Å². The van der Waals surface area contributed by atoms with Crippen molar-refractivity contribution >= 4 is 11.6 Å². The highest BCUT2D eigenvalue weighted by atomic mass is 19.4. The molecule has 1 amide bonds. The van der Waals surface area contributed by atoms with E-state index in [4.69, 9.17) is 9.15 Å². The first-order chi connectivity index (χ1) is 13.8. The van der Waals surface area contributed by atoms with Crippen LogP contribution in [-0.4, -0.2) is 12.5 Å². The molecule has 7 heteroatoms. The largest absolute Gasteiger partial charge is 0.491 e. The van der Waals surface area contributed by atoms with E-state index in [1.165, 1.54) is 11.0 Å². The second-order valence-corrected chi connectivity index (χ2v) is 7.37. The number of aryl methyl sites for hydroxylation is 1. The van der Waals surface area contributed by atoms with E-state index in [9.17, 15) is 18.0 Å². The van der Waals surface area contributed by atoms with E-state index < -0.39 is 17.4 Å². The van der Waals surface area contributed by atoms with Gasteiger partial charge in [0, 0.05) is 11.3 Å². The number of hydrogen-bond acceptors (Lipinski definition) is 3. The normalized spacial score (nSPS) is 20.1. The molecule has 1 unspecified atom stereocenters. The van der Waals surface area contributed by atoms with Gasteiger partial charge in [-0.3, -0.25) is 4.79 Å². The minimum atomic E-state index is -4.57. The summed E-state index contributed by atoms with van der Waals surface area (Å²) in [6.45, 7) is 2.01. The minimum absolute atomic E-state index is 0.0700. The molecule has 4 nitrogen and oxygen atoms in total. The van der Waals surface area contributed by atoms with Crippen LogP contribution in [0.4, 0.5) is 18.9 Å².